The Morgan fingerprint density at radius 2 is 2.17 bits per heavy atom. The van der Waals surface area contributed by atoms with Crippen molar-refractivity contribution < 1.29 is 9.55 Å². The number of hydrogen-bond donors (Lipinski definition) is 1. The van der Waals surface area contributed by atoms with E-state index in [4.69, 9.17) is 0 Å². The lowest BCUT2D eigenvalue weighted by Gasteiger charge is -1.97. The van der Waals surface area contributed by atoms with Gasteiger partial charge in [0, 0.05) is 11.0 Å². The van der Waals surface area contributed by atoms with Gasteiger partial charge in [0.05, 0.1) is 4.92 Å². The molecule has 1 N–H and O–H groups in total. The van der Waals surface area contributed by atoms with Crippen molar-refractivity contribution in [1.82, 2.24) is 25.5 Å². The molecule has 90 valence electrons. The number of non-ortho nitro benzene ring substituents is 1. The van der Waals surface area contributed by atoms with Gasteiger partial charge in [-0.15, -0.1) is 0 Å². The standard InChI is InChI=1S/C8H4N6O3S/c15-14(16)4-1-2-5(7-6(4)12-17-13-7)18-8-9-3-10-11-8/h1-3H,(H,9,10,11). The largest absolute Gasteiger partial charge is 0.300 e. The predicted molar refractivity (Wildman–Crippen MR) is 59.0 cm³/mol. The maximum absolute atomic E-state index is 10.8. The number of nitro groups is 1. The first-order valence-corrected chi connectivity index (χ1v) is 5.50. The van der Waals surface area contributed by atoms with Crippen LogP contribution in [0.4, 0.5) is 5.69 Å². The monoisotopic (exact) mass is 264 g/mol. The number of aromatic amines is 1. The van der Waals surface area contributed by atoms with Gasteiger partial charge < -0.3 is 0 Å². The number of aromatic nitrogens is 5. The Kier molecular flexibility index (Phi) is 2.41. The number of rotatable bonds is 3. The van der Waals surface area contributed by atoms with Crippen molar-refractivity contribution in [3.8, 4) is 0 Å². The average Bonchev–Trinajstić information content (AvgIpc) is 2.98. The molecular weight excluding hydrogens is 260 g/mol. The molecule has 0 amide bonds. The first-order chi connectivity index (χ1) is 8.75. The molecular formula is C8H4N6O3S. The van der Waals surface area contributed by atoms with Crippen LogP contribution in [-0.2, 0) is 0 Å². The second-order valence-corrected chi connectivity index (χ2v) is 4.22. The second-order valence-electron chi connectivity index (χ2n) is 3.19. The smallest absolute Gasteiger partial charge is 0.258 e. The van der Waals surface area contributed by atoms with Crippen LogP contribution in [0.2, 0.25) is 0 Å². The first kappa shape index (κ1) is 10.7. The van der Waals surface area contributed by atoms with Gasteiger partial charge in [0.1, 0.15) is 6.33 Å². The molecule has 0 spiro atoms. The molecule has 0 radical (unpaired) electrons. The lowest BCUT2D eigenvalue weighted by molar-refractivity contribution is -0.383. The minimum absolute atomic E-state index is 0.115. The molecule has 2 aromatic heterocycles. The lowest BCUT2D eigenvalue weighted by atomic mass is 10.3. The highest BCUT2D eigenvalue weighted by atomic mass is 32.2. The van der Waals surface area contributed by atoms with Crippen LogP contribution in [0.15, 0.2) is 33.1 Å². The molecule has 0 aliphatic carbocycles. The summed E-state index contributed by atoms with van der Waals surface area (Å²) in [5.74, 6) is 0. The van der Waals surface area contributed by atoms with Gasteiger partial charge in [-0.25, -0.2) is 9.61 Å². The Hall–Kier alpha value is -2.49. The Bertz CT molecular complexity index is 709. The third kappa shape index (κ3) is 1.68. The number of fused-ring (bicyclic) bond motifs is 1. The molecule has 1 aromatic carbocycles. The Morgan fingerprint density at radius 1 is 1.33 bits per heavy atom. The third-order valence-electron chi connectivity index (χ3n) is 2.15. The van der Waals surface area contributed by atoms with E-state index in [1.54, 1.807) is 6.07 Å². The highest BCUT2D eigenvalue weighted by molar-refractivity contribution is 7.99. The normalized spacial score (nSPS) is 10.9. The van der Waals surface area contributed by atoms with Gasteiger partial charge in [-0.2, -0.15) is 5.10 Å². The highest BCUT2D eigenvalue weighted by Crippen LogP contribution is 2.33. The molecule has 0 aliphatic rings. The lowest BCUT2D eigenvalue weighted by Crippen LogP contribution is -1.90. The van der Waals surface area contributed by atoms with Crippen LogP contribution >= 0.6 is 11.8 Å². The fourth-order valence-electron chi connectivity index (χ4n) is 1.41. The number of nitro benzene ring substituents is 1. The van der Waals surface area contributed by atoms with E-state index in [-0.39, 0.29) is 11.2 Å². The summed E-state index contributed by atoms with van der Waals surface area (Å²) in [5.41, 5.74) is 0.295. The molecule has 0 fully saturated rings. The van der Waals surface area contributed by atoms with Gasteiger partial charge in [-0.3, -0.25) is 15.2 Å². The Labute approximate surface area is 103 Å². The van der Waals surface area contributed by atoms with Crippen LogP contribution in [0.25, 0.3) is 11.0 Å². The first-order valence-electron chi connectivity index (χ1n) is 4.68. The van der Waals surface area contributed by atoms with Gasteiger partial charge in [-0.05, 0) is 28.1 Å². The predicted octanol–water partition coefficient (Wildman–Crippen LogP) is 1.40. The number of nitrogens with one attached hydrogen (secondary N) is 1. The second kappa shape index (κ2) is 4.07. The maximum atomic E-state index is 10.8. The minimum atomic E-state index is -0.532. The van der Waals surface area contributed by atoms with Crippen LogP contribution in [-0.4, -0.2) is 30.4 Å². The highest BCUT2D eigenvalue weighted by Gasteiger charge is 2.20. The summed E-state index contributed by atoms with van der Waals surface area (Å²) in [4.78, 5) is 14.9. The summed E-state index contributed by atoms with van der Waals surface area (Å²) in [6.07, 6.45) is 1.37. The van der Waals surface area contributed by atoms with Gasteiger partial charge in [-0.1, -0.05) is 0 Å². The van der Waals surface area contributed by atoms with E-state index >= 15 is 0 Å². The van der Waals surface area contributed by atoms with Crippen LogP contribution in [0.3, 0.4) is 0 Å². The summed E-state index contributed by atoms with van der Waals surface area (Å²) in [6, 6.07) is 2.92. The Morgan fingerprint density at radius 3 is 2.89 bits per heavy atom. The summed E-state index contributed by atoms with van der Waals surface area (Å²) in [7, 11) is 0. The van der Waals surface area contributed by atoms with Gasteiger partial charge in [0.25, 0.3) is 0 Å². The number of benzene rings is 1. The Balaban J connectivity index is 2.11. The van der Waals surface area contributed by atoms with E-state index in [1.165, 1.54) is 24.2 Å². The van der Waals surface area contributed by atoms with Crippen LogP contribution in [0, 0.1) is 10.1 Å². The zero-order valence-electron chi connectivity index (χ0n) is 8.60. The molecule has 2 heterocycles. The topological polar surface area (TPSA) is 124 Å². The molecule has 3 rings (SSSR count). The van der Waals surface area contributed by atoms with Crippen molar-refractivity contribution >= 4 is 28.5 Å². The van der Waals surface area contributed by atoms with E-state index in [0.29, 0.717) is 15.6 Å². The van der Waals surface area contributed by atoms with Crippen LogP contribution in [0.5, 0.6) is 0 Å². The maximum Gasteiger partial charge on any atom is 0.300 e. The summed E-state index contributed by atoms with van der Waals surface area (Å²) in [6.45, 7) is 0. The fraction of sp³-hybridized carbons (Fsp3) is 0. The van der Waals surface area contributed by atoms with Gasteiger partial charge >= 0.3 is 5.69 Å². The van der Waals surface area contributed by atoms with Crippen LogP contribution in [0.1, 0.15) is 0 Å². The van der Waals surface area contributed by atoms with E-state index in [1.807, 2.05) is 0 Å². The molecule has 3 aromatic rings. The van der Waals surface area contributed by atoms with Crippen molar-refractivity contribution in [2.45, 2.75) is 10.1 Å². The van der Waals surface area contributed by atoms with Crippen LogP contribution < -0.4 is 0 Å². The molecule has 0 bridgehead atoms. The summed E-state index contributed by atoms with van der Waals surface area (Å²) >= 11 is 1.23. The zero-order valence-corrected chi connectivity index (χ0v) is 9.42. The van der Waals surface area contributed by atoms with Crippen molar-refractivity contribution in [3.63, 3.8) is 0 Å². The summed E-state index contributed by atoms with van der Waals surface area (Å²) < 4.78 is 4.55. The molecule has 0 aliphatic heterocycles. The molecule has 0 saturated carbocycles. The molecule has 18 heavy (non-hydrogen) atoms. The third-order valence-corrected chi connectivity index (χ3v) is 3.09. The quantitative estimate of drug-likeness (QED) is 0.556. The molecule has 0 atom stereocenters. The molecule has 0 saturated heterocycles. The van der Waals surface area contributed by atoms with E-state index in [9.17, 15) is 10.1 Å². The van der Waals surface area contributed by atoms with E-state index in [2.05, 4.69) is 30.1 Å². The van der Waals surface area contributed by atoms with Crippen molar-refractivity contribution in [1.29, 1.82) is 0 Å². The number of nitrogens with zero attached hydrogens (tertiary/aromatic N) is 5. The van der Waals surface area contributed by atoms with Gasteiger partial charge in [0.2, 0.25) is 5.52 Å². The minimum Gasteiger partial charge on any atom is -0.258 e. The van der Waals surface area contributed by atoms with E-state index < -0.39 is 4.92 Å². The SMILES string of the molecule is O=[N+]([O-])c1ccc(Sc2ncn[nH]2)c2nonc12. The fourth-order valence-corrected chi connectivity index (χ4v) is 2.18. The molecule has 9 nitrogen and oxygen atoms in total. The van der Waals surface area contributed by atoms with E-state index in [0.717, 1.165) is 0 Å². The molecule has 0 unspecified atom stereocenters. The number of hydrogen-bond acceptors (Lipinski definition) is 8. The summed E-state index contributed by atoms with van der Waals surface area (Å²) in [5, 5.41) is 24.9. The zero-order chi connectivity index (χ0) is 12.5. The average molecular weight is 264 g/mol. The van der Waals surface area contributed by atoms with Crippen molar-refractivity contribution in [3.05, 3.63) is 28.6 Å². The number of H-pyrrole nitrogens is 1. The van der Waals surface area contributed by atoms with Gasteiger partial charge in [0.15, 0.2) is 10.7 Å². The molecule has 10 heteroatoms. The van der Waals surface area contributed by atoms with Crippen molar-refractivity contribution in [2.24, 2.45) is 0 Å². The van der Waals surface area contributed by atoms with Crippen molar-refractivity contribution in [2.75, 3.05) is 0 Å².